The maximum Gasteiger partial charge on any atom is 0.0628 e. The summed E-state index contributed by atoms with van der Waals surface area (Å²) >= 11 is 0. The van der Waals surface area contributed by atoms with Gasteiger partial charge in [0.05, 0.1) is 18.7 Å². The zero-order valence-corrected chi connectivity index (χ0v) is 18.8. The summed E-state index contributed by atoms with van der Waals surface area (Å²) in [5.74, 6) is 0. The van der Waals surface area contributed by atoms with Crippen LogP contribution in [0, 0.1) is 0 Å². The Kier molecular flexibility index (Phi) is 6.11. The minimum Gasteiger partial charge on any atom is -0.394 e. The van der Waals surface area contributed by atoms with Crippen LogP contribution in [0.15, 0.2) is 84.9 Å². The van der Waals surface area contributed by atoms with Crippen LogP contribution in [0.25, 0.3) is 10.9 Å². The molecule has 4 aromatic rings. The first-order valence-electron chi connectivity index (χ1n) is 11.9. The molecule has 2 heterocycles. The fraction of sp³-hybridized carbons (Fsp3) is 0.310. The zero-order chi connectivity index (χ0) is 21.9. The lowest BCUT2D eigenvalue weighted by molar-refractivity contribution is 0.0667. The van der Waals surface area contributed by atoms with Crippen molar-refractivity contribution in [3.63, 3.8) is 0 Å². The summed E-state index contributed by atoms with van der Waals surface area (Å²) in [5.41, 5.74) is 6.79. The van der Waals surface area contributed by atoms with E-state index in [-0.39, 0.29) is 18.7 Å². The molecule has 1 N–H and O–H groups in total. The molecule has 0 bridgehead atoms. The third kappa shape index (κ3) is 3.76. The molecule has 3 aromatic carbocycles. The molecule has 0 aliphatic carbocycles. The molecule has 0 amide bonds. The highest BCUT2D eigenvalue weighted by atomic mass is 16.3. The lowest BCUT2D eigenvalue weighted by Gasteiger charge is -2.42. The number of aliphatic hydroxyl groups is 1. The van der Waals surface area contributed by atoms with Crippen LogP contribution in [0.4, 0.5) is 0 Å². The van der Waals surface area contributed by atoms with Crippen LogP contribution < -0.4 is 0 Å². The first-order valence-corrected chi connectivity index (χ1v) is 11.9. The van der Waals surface area contributed by atoms with Crippen molar-refractivity contribution in [2.24, 2.45) is 0 Å². The Labute approximate surface area is 190 Å². The maximum atomic E-state index is 10.5. The summed E-state index contributed by atoms with van der Waals surface area (Å²) in [6.07, 6.45) is 3.21. The van der Waals surface area contributed by atoms with Gasteiger partial charge in [-0.05, 0) is 35.6 Å². The summed E-state index contributed by atoms with van der Waals surface area (Å²) in [6.45, 7) is 4.25. The quantitative estimate of drug-likeness (QED) is 0.387. The van der Waals surface area contributed by atoms with E-state index < -0.39 is 0 Å². The summed E-state index contributed by atoms with van der Waals surface area (Å²) < 4.78 is 2.55. The average molecular weight is 425 g/mol. The van der Waals surface area contributed by atoms with Crippen molar-refractivity contribution >= 4 is 10.9 Å². The second-order valence-corrected chi connectivity index (χ2v) is 8.85. The predicted molar refractivity (Wildman–Crippen MR) is 132 cm³/mol. The van der Waals surface area contributed by atoms with Gasteiger partial charge in [-0.1, -0.05) is 92.2 Å². The lowest BCUT2D eigenvalue weighted by Crippen LogP contribution is -2.40. The number of para-hydroxylation sites is 1. The van der Waals surface area contributed by atoms with E-state index in [0.717, 1.165) is 32.4 Å². The number of benzene rings is 3. The predicted octanol–water partition coefficient (Wildman–Crippen LogP) is 6.12. The van der Waals surface area contributed by atoms with Crippen molar-refractivity contribution < 1.29 is 5.11 Å². The fourth-order valence-electron chi connectivity index (χ4n) is 5.55. The van der Waals surface area contributed by atoms with E-state index in [0.29, 0.717) is 0 Å². The van der Waals surface area contributed by atoms with Crippen molar-refractivity contribution in [1.29, 1.82) is 0 Å². The Morgan fingerprint density at radius 2 is 1.59 bits per heavy atom. The van der Waals surface area contributed by atoms with Crippen LogP contribution >= 0.6 is 0 Å². The summed E-state index contributed by atoms with van der Waals surface area (Å²) in [5, 5.41) is 11.8. The summed E-state index contributed by atoms with van der Waals surface area (Å²) in [6, 6.07) is 30.5. The topological polar surface area (TPSA) is 28.4 Å². The third-order valence-electron chi connectivity index (χ3n) is 6.96. The van der Waals surface area contributed by atoms with Gasteiger partial charge in [0.15, 0.2) is 0 Å². The number of hydrogen-bond acceptors (Lipinski definition) is 2. The smallest absolute Gasteiger partial charge is 0.0628 e. The average Bonchev–Trinajstić information content (AvgIpc) is 3.16. The van der Waals surface area contributed by atoms with Gasteiger partial charge in [0.1, 0.15) is 0 Å². The lowest BCUT2D eigenvalue weighted by atomic mass is 9.91. The molecule has 164 valence electrons. The second-order valence-electron chi connectivity index (χ2n) is 8.85. The highest BCUT2D eigenvalue weighted by molar-refractivity contribution is 5.86. The van der Waals surface area contributed by atoms with Crippen molar-refractivity contribution in [2.75, 3.05) is 13.2 Å². The molecule has 32 heavy (non-hydrogen) atoms. The summed E-state index contributed by atoms with van der Waals surface area (Å²) in [7, 11) is 0. The standard InChI is InChI=1S/C29H32N2O/c1-2-11-27-29-25(18-19-30(27)28(21-32)23-14-7-4-8-15-23)24-16-9-10-17-26(24)31(29)20-22-12-5-3-6-13-22/h3-10,12-17,27-28,32H,2,11,18-21H2,1H3/t27-,28-/m0/s1. The van der Waals surface area contributed by atoms with E-state index in [2.05, 4.69) is 95.3 Å². The molecule has 0 saturated carbocycles. The Morgan fingerprint density at radius 1 is 0.906 bits per heavy atom. The van der Waals surface area contributed by atoms with Gasteiger partial charge >= 0.3 is 0 Å². The maximum absolute atomic E-state index is 10.5. The largest absolute Gasteiger partial charge is 0.394 e. The van der Waals surface area contributed by atoms with E-state index >= 15 is 0 Å². The molecule has 1 aliphatic rings. The van der Waals surface area contributed by atoms with E-state index in [1.54, 1.807) is 0 Å². The van der Waals surface area contributed by atoms with Crippen LogP contribution in [-0.2, 0) is 13.0 Å². The highest BCUT2D eigenvalue weighted by Crippen LogP contribution is 2.43. The van der Waals surface area contributed by atoms with Gasteiger partial charge in [-0.25, -0.2) is 0 Å². The molecular weight excluding hydrogens is 392 g/mol. The van der Waals surface area contributed by atoms with Gasteiger partial charge in [-0.2, -0.15) is 0 Å². The second kappa shape index (κ2) is 9.32. The molecule has 0 unspecified atom stereocenters. The Morgan fingerprint density at radius 3 is 2.31 bits per heavy atom. The fourth-order valence-corrected chi connectivity index (χ4v) is 5.55. The SMILES string of the molecule is CCC[C@H]1c2c(c3ccccc3n2Cc2ccccc2)CCN1[C@@H](CO)c1ccccc1. The number of hydrogen-bond donors (Lipinski definition) is 1. The monoisotopic (exact) mass is 424 g/mol. The number of fused-ring (bicyclic) bond motifs is 3. The van der Waals surface area contributed by atoms with Crippen LogP contribution in [0.3, 0.4) is 0 Å². The van der Waals surface area contributed by atoms with Gasteiger partial charge < -0.3 is 9.67 Å². The van der Waals surface area contributed by atoms with Gasteiger partial charge in [-0.15, -0.1) is 0 Å². The normalized spacial score (nSPS) is 17.4. The Hall–Kier alpha value is -2.88. The van der Waals surface area contributed by atoms with Gasteiger partial charge in [-0.3, -0.25) is 4.90 Å². The van der Waals surface area contributed by atoms with Crippen molar-refractivity contribution in [3.8, 4) is 0 Å². The molecule has 2 atom stereocenters. The van der Waals surface area contributed by atoms with Crippen LogP contribution in [-0.4, -0.2) is 27.7 Å². The summed E-state index contributed by atoms with van der Waals surface area (Å²) in [4.78, 5) is 2.56. The number of aliphatic hydroxyl groups excluding tert-OH is 1. The van der Waals surface area contributed by atoms with E-state index in [1.807, 2.05) is 6.07 Å². The molecule has 1 aromatic heterocycles. The van der Waals surface area contributed by atoms with Crippen LogP contribution in [0.5, 0.6) is 0 Å². The molecule has 1 aliphatic heterocycles. The van der Waals surface area contributed by atoms with E-state index in [9.17, 15) is 5.11 Å². The molecule has 0 radical (unpaired) electrons. The molecular formula is C29H32N2O. The molecule has 0 spiro atoms. The molecule has 5 rings (SSSR count). The highest BCUT2D eigenvalue weighted by Gasteiger charge is 2.36. The van der Waals surface area contributed by atoms with Gasteiger partial charge in [0.2, 0.25) is 0 Å². The van der Waals surface area contributed by atoms with Gasteiger partial charge in [0, 0.05) is 29.7 Å². The first-order chi connectivity index (χ1) is 15.8. The van der Waals surface area contributed by atoms with Crippen molar-refractivity contribution in [1.82, 2.24) is 9.47 Å². The Bertz CT molecular complexity index is 1170. The number of rotatable bonds is 7. The van der Waals surface area contributed by atoms with Crippen LogP contribution in [0.2, 0.25) is 0 Å². The molecule has 3 nitrogen and oxygen atoms in total. The minimum atomic E-state index is 0.0177. The molecule has 0 fully saturated rings. The van der Waals surface area contributed by atoms with Crippen LogP contribution in [0.1, 0.15) is 54.2 Å². The molecule has 3 heteroatoms. The van der Waals surface area contributed by atoms with E-state index in [1.165, 1.54) is 33.3 Å². The minimum absolute atomic E-state index is 0.0177. The number of nitrogens with zero attached hydrogens (tertiary/aromatic N) is 2. The van der Waals surface area contributed by atoms with Crippen molar-refractivity contribution in [3.05, 3.63) is 107 Å². The van der Waals surface area contributed by atoms with Crippen molar-refractivity contribution in [2.45, 2.75) is 44.8 Å². The molecule has 0 saturated heterocycles. The van der Waals surface area contributed by atoms with E-state index in [4.69, 9.17) is 0 Å². The Balaban J connectivity index is 1.65. The first kappa shape index (κ1) is 21.0. The third-order valence-corrected chi connectivity index (χ3v) is 6.96. The number of aromatic nitrogens is 1. The van der Waals surface area contributed by atoms with Gasteiger partial charge in [0.25, 0.3) is 0 Å². The zero-order valence-electron chi connectivity index (χ0n) is 18.8.